The van der Waals surface area contributed by atoms with E-state index in [0.717, 1.165) is 20.8 Å². The van der Waals surface area contributed by atoms with Gasteiger partial charge in [0, 0.05) is 5.02 Å². The van der Waals surface area contributed by atoms with Gasteiger partial charge in [0.1, 0.15) is 5.01 Å². The maximum absolute atomic E-state index is 9.92. The first-order valence-corrected chi connectivity index (χ1v) is 7.99. The molecule has 2 aromatic carbocycles. The van der Waals surface area contributed by atoms with Crippen LogP contribution in [-0.4, -0.2) is 24.3 Å². The summed E-state index contributed by atoms with van der Waals surface area (Å²) in [6.45, 7) is 0. The monoisotopic (exact) mass is 347 g/mol. The summed E-state index contributed by atoms with van der Waals surface area (Å²) in [4.78, 5) is 4.53. The standard InChI is InChI=1S/C17H14ClNO3S/c1-21-13-7-10(8-14(22-2)17(13)20)3-6-16-19-12-9-11(18)4-5-15(12)23-16/h3-9,20H,1-2H3. The minimum Gasteiger partial charge on any atom is -0.502 e. The van der Waals surface area contributed by atoms with Gasteiger partial charge in [0.05, 0.1) is 24.4 Å². The Labute approximate surface area is 142 Å². The van der Waals surface area contributed by atoms with E-state index in [4.69, 9.17) is 21.1 Å². The van der Waals surface area contributed by atoms with Crippen molar-refractivity contribution in [2.24, 2.45) is 0 Å². The number of phenols is 1. The fourth-order valence-corrected chi connectivity index (χ4v) is 3.18. The molecule has 1 aromatic heterocycles. The third-order valence-corrected chi connectivity index (χ3v) is 4.52. The van der Waals surface area contributed by atoms with Crippen molar-refractivity contribution in [2.45, 2.75) is 0 Å². The van der Waals surface area contributed by atoms with Gasteiger partial charge in [-0.15, -0.1) is 11.3 Å². The smallest absolute Gasteiger partial charge is 0.200 e. The number of aromatic hydroxyl groups is 1. The number of phenolic OH excluding ortho intramolecular Hbond substituents is 1. The second-order valence-electron chi connectivity index (χ2n) is 4.77. The summed E-state index contributed by atoms with van der Waals surface area (Å²) in [5.41, 5.74) is 1.72. The van der Waals surface area contributed by atoms with Gasteiger partial charge in [-0.3, -0.25) is 0 Å². The van der Waals surface area contributed by atoms with Crippen LogP contribution in [0.1, 0.15) is 10.6 Å². The van der Waals surface area contributed by atoms with Crippen LogP contribution in [0.4, 0.5) is 0 Å². The number of aromatic nitrogens is 1. The number of hydrogen-bond donors (Lipinski definition) is 1. The lowest BCUT2D eigenvalue weighted by molar-refractivity contribution is 0.340. The molecule has 3 aromatic rings. The molecule has 23 heavy (non-hydrogen) atoms. The molecule has 0 saturated carbocycles. The van der Waals surface area contributed by atoms with Crippen LogP contribution in [0.3, 0.4) is 0 Å². The summed E-state index contributed by atoms with van der Waals surface area (Å²) in [7, 11) is 3.00. The number of methoxy groups -OCH3 is 2. The molecule has 0 bridgehead atoms. The van der Waals surface area contributed by atoms with E-state index in [1.54, 1.807) is 23.5 Å². The molecule has 0 spiro atoms. The number of rotatable bonds is 4. The molecule has 0 radical (unpaired) electrons. The number of halogens is 1. The lowest BCUT2D eigenvalue weighted by atomic mass is 10.1. The first-order valence-electron chi connectivity index (χ1n) is 6.80. The van der Waals surface area contributed by atoms with Crippen molar-refractivity contribution in [3.05, 3.63) is 45.9 Å². The number of nitrogens with zero attached hydrogens (tertiary/aromatic N) is 1. The number of fused-ring (bicyclic) bond motifs is 1. The Morgan fingerprint density at radius 2 is 1.78 bits per heavy atom. The molecule has 0 fully saturated rings. The Balaban J connectivity index is 1.94. The Hall–Kier alpha value is -2.24. The van der Waals surface area contributed by atoms with Crippen molar-refractivity contribution in [3.63, 3.8) is 0 Å². The van der Waals surface area contributed by atoms with Crippen molar-refractivity contribution in [2.75, 3.05) is 14.2 Å². The molecule has 4 nitrogen and oxygen atoms in total. The normalized spacial score (nSPS) is 11.3. The summed E-state index contributed by atoms with van der Waals surface area (Å²) in [6.07, 6.45) is 3.80. The summed E-state index contributed by atoms with van der Waals surface area (Å²) in [5.74, 6) is 0.710. The molecule has 6 heteroatoms. The van der Waals surface area contributed by atoms with Crippen molar-refractivity contribution >= 4 is 45.3 Å². The molecule has 0 aliphatic carbocycles. The SMILES string of the molecule is COc1cc(C=Cc2nc3cc(Cl)ccc3s2)cc(OC)c1O. The zero-order valence-electron chi connectivity index (χ0n) is 12.5. The van der Waals surface area contributed by atoms with Crippen LogP contribution < -0.4 is 9.47 Å². The summed E-state index contributed by atoms with van der Waals surface area (Å²) < 4.78 is 11.4. The van der Waals surface area contributed by atoms with E-state index >= 15 is 0 Å². The van der Waals surface area contributed by atoms with Gasteiger partial charge in [-0.25, -0.2) is 4.98 Å². The van der Waals surface area contributed by atoms with Crippen LogP contribution in [0.25, 0.3) is 22.4 Å². The highest BCUT2D eigenvalue weighted by Gasteiger charge is 2.10. The molecular weight excluding hydrogens is 334 g/mol. The van der Waals surface area contributed by atoms with E-state index in [1.165, 1.54) is 14.2 Å². The van der Waals surface area contributed by atoms with Crippen molar-refractivity contribution < 1.29 is 14.6 Å². The molecule has 3 rings (SSSR count). The second-order valence-corrected chi connectivity index (χ2v) is 6.27. The average Bonchev–Trinajstić information content (AvgIpc) is 2.95. The van der Waals surface area contributed by atoms with E-state index in [0.29, 0.717) is 16.5 Å². The highest BCUT2D eigenvalue weighted by atomic mass is 35.5. The zero-order valence-corrected chi connectivity index (χ0v) is 14.1. The molecule has 0 unspecified atom stereocenters. The van der Waals surface area contributed by atoms with Gasteiger partial charge in [0.2, 0.25) is 5.75 Å². The molecule has 0 amide bonds. The van der Waals surface area contributed by atoms with Crippen LogP contribution in [0.5, 0.6) is 17.2 Å². The number of hydrogen-bond acceptors (Lipinski definition) is 5. The second kappa shape index (κ2) is 6.48. The summed E-state index contributed by atoms with van der Waals surface area (Å²) >= 11 is 7.56. The van der Waals surface area contributed by atoms with Gasteiger partial charge in [-0.2, -0.15) is 0 Å². The first-order chi connectivity index (χ1) is 11.1. The quantitative estimate of drug-likeness (QED) is 0.733. The number of benzene rings is 2. The predicted octanol–water partition coefficient (Wildman–Crippen LogP) is 4.84. The van der Waals surface area contributed by atoms with Crippen molar-refractivity contribution in [1.29, 1.82) is 0 Å². The highest BCUT2D eigenvalue weighted by molar-refractivity contribution is 7.19. The maximum atomic E-state index is 9.92. The van der Waals surface area contributed by atoms with Crippen molar-refractivity contribution in [1.82, 2.24) is 4.98 Å². The van der Waals surface area contributed by atoms with Gasteiger partial charge < -0.3 is 14.6 Å². The minimum absolute atomic E-state index is 0.0122. The van der Waals surface area contributed by atoms with E-state index in [-0.39, 0.29) is 5.75 Å². The lowest BCUT2D eigenvalue weighted by Crippen LogP contribution is -1.90. The number of ether oxygens (including phenoxy) is 2. The third kappa shape index (κ3) is 3.25. The zero-order chi connectivity index (χ0) is 16.4. The van der Waals surface area contributed by atoms with E-state index in [9.17, 15) is 5.11 Å². The minimum atomic E-state index is -0.0122. The van der Waals surface area contributed by atoms with Gasteiger partial charge >= 0.3 is 0 Å². The summed E-state index contributed by atoms with van der Waals surface area (Å²) in [6, 6.07) is 9.12. The van der Waals surface area contributed by atoms with Crippen LogP contribution in [0, 0.1) is 0 Å². The molecule has 0 saturated heterocycles. The van der Waals surface area contributed by atoms with E-state index in [2.05, 4.69) is 4.98 Å². The number of thiazole rings is 1. The van der Waals surface area contributed by atoms with Gasteiger partial charge in [-0.05, 0) is 42.0 Å². The largest absolute Gasteiger partial charge is 0.502 e. The van der Waals surface area contributed by atoms with Gasteiger partial charge in [-0.1, -0.05) is 17.7 Å². The molecule has 1 heterocycles. The summed E-state index contributed by atoms with van der Waals surface area (Å²) in [5, 5.41) is 11.5. The lowest BCUT2D eigenvalue weighted by Gasteiger charge is -2.09. The Kier molecular flexibility index (Phi) is 4.41. The topological polar surface area (TPSA) is 51.6 Å². The van der Waals surface area contributed by atoms with Crippen LogP contribution in [0.15, 0.2) is 30.3 Å². The van der Waals surface area contributed by atoms with Crippen LogP contribution in [-0.2, 0) is 0 Å². The molecule has 0 aliphatic rings. The van der Waals surface area contributed by atoms with E-state index in [1.807, 2.05) is 30.4 Å². The maximum Gasteiger partial charge on any atom is 0.200 e. The fourth-order valence-electron chi connectivity index (χ4n) is 2.17. The molecular formula is C17H14ClNO3S. The Bertz CT molecular complexity index is 864. The van der Waals surface area contributed by atoms with Gasteiger partial charge in [0.15, 0.2) is 11.5 Å². The fraction of sp³-hybridized carbons (Fsp3) is 0.118. The molecule has 0 atom stereocenters. The third-order valence-electron chi connectivity index (χ3n) is 3.29. The molecule has 0 aliphatic heterocycles. The molecule has 118 valence electrons. The first kappa shape index (κ1) is 15.6. The van der Waals surface area contributed by atoms with Crippen LogP contribution in [0.2, 0.25) is 5.02 Å². The van der Waals surface area contributed by atoms with Crippen LogP contribution >= 0.6 is 22.9 Å². The predicted molar refractivity (Wildman–Crippen MR) is 94.8 cm³/mol. The Morgan fingerprint density at radius 3 is 2.43 bits per heavy atom. The molecule has 1 N–H and O–H groups in total. The highest BCUT2D eigenvalue weighted by Crippen LogP contribution is 2.37. The average molecular weight is 348 g/mol. The van der Waals surface area contributed by atoms with Crippen molar-refractivity contribution in [3.8, 4) is 17.2 Å². The van der Waals surface area contributed by atoms with E-state index < -0.39 is 0 Å². The Morgan fingerprint density at radius 1 is 1.09 bits per heavy atom. The van der Waals surface area contributed by atoms with Gasteiger partial charge in [0.25, 0.3) is 0 Å².